The first-order chi connectivity index (χ1) is 18.8. The number of carboxylic acids is 1. The molecule has 3 aliphatic rings. The number of halogens is 5. The Balaban J connectivity index is 1.50. The van der Waals surface area contributed by atoms with E-state index >= 15 is 0 Å². The van der Waals surface area contributed by atoms with Gasteiger partial charge in [0.1, 0.15) is 0 Å². The Hall–Kier alpha value is -2.59. The summed E-state index contributed by atoms with van der Waals surface area (Å²) in [4.78, 5) is 40.2. The van der Waals surface area contributed by atoms with Gasteiger partial charge in [0.15, 0.2) is 11.5 Å². The Bertz CT molecular complexity index is 1310. The van der Waals surface area contributed by atoms with Crippen molar-refractivity contribution in [3.8, 4) is 0 Å². The molecule has 1 aromatic carbocycles. The number of rotatable bonds is 7. The molecule has 3 saturated carbocycles. The smallest absolute Gasteiger partial charge is 0.433 e. The second-order valence-electron chi connectivity index (χ2n) is 11.5. The molecule has 12 heteroatoms. The number of aliphatic carboxylic acids is 1. The molecule has 216 valence electrons. The minimum atomic E-state index is -4.90. The molecule has 0 saturated heterocycles. The van der Waals surface area contributed by atoms with E-state index in [1.54, 1.807) is 13.0 Å². The average Bonchev–Trinajstić information content (AvgIpc) is 3.27. The predicted octanol–water partition coefficient (Wildman–Crippen LogP) is 6.93. The summed E-state index contributed by atoms with van der Waals surface area (Å²) in [5, 5.41) is 13.7. The molecular formula is C28H30Cl2F3N3O4. The lowest BCUT2D eigenvalue weighted by Crippen LogP contribution is -2.61. The van der Waals surface area contributed by atoms with Gasteiger partial charge in [-0.25, -0.2) is 0 Å². The first-order valence-corrected chi connectivity index (χ1v) is 14.3. The van der Waals surface area contributed by atoms with Crippen LogP contribution in [0.3, 0.4) is 0 Å². The van der Waals surface area contributed by atoms with Gasteiger partial charge in [-0.2, -0.15) is 18.3 Å². The minimum absolute atomic E-state index is 0.0292. The SMILES string of the molecule is C[C@@H]1C[C@@H](n2ncc(C(=O)N(CC(=O)c3c(Cl)cccc3Cl)[C@H]3CCC34CCC4)c2C(F)(F)F)CC[C@@H]1C(=O)O. The Labute approximate surface area is 239 Å². The van der Waals surface area contributed by atoms with Crippen LogP contribution in [-0.2, 0) is 11.0 Å². The molecule has 3 fully saturated rings. The standard InChI is InChI=1S/C28H30Cl2F3N3O4/c1-15-12-16(6-7-17(15)26(39)40)36-24(28(31,32)33)18(13-34-36)25(38)35(22-8-11-27(22)9-3-10-27)14-21(37)23-19(29)4-2-5-20(23)30/h2,4-5,13,15-17,22H,3,6-12,14H2,1H3,(H,39,40)/t15-,16+,17+,22+/m1/s1. The fraction of sp³-hybridized carbons (Fsp3) is 0.571. The zero-order chi connectivity index (χ0) is 29.0. The van der Waals surface area contributed by atoms with Crippen molar-refractivity contribution in [1.82, 2.24) is 14.7 Å². The molecule has 0 aliphatic heterocycles. The second kappa shape index (κ2) is 10.7. The highest BCUT2D eigenvalue weighted by molar-refractivity contribution is 6.40. The lowest BCUT2D eigenvalue weighted by atomic mass is 9.52. The molecule has 1 N–H and O–H groups in total. The molecule has 3 aliphatic carbocycles. The summed E-state index contributed by atoms with van der Waals surface area (Å²) < 4.78 is 44.5. The number of hydrogen-bond acceptors (Lipinski definition) is 4. The van der Waals surface area contributed by atoms with Crippen LogP contribution < -0.4 is 0 Å². The Kier molecular flexibility index (Phi) is 7.72. The zero-order valence-corrected chi connectivity index (χ0v) is 23.4. The van der Waals surface area contributed by atoms with Gasteiger partial charge in [0.25, 0.3) is 5.91 Å². The van der Waals surface area contributed by atoms with Crippen LogP contribution >= 0.6 is 23.2 Å². The number of carbonyl (C=O) groups excluding carboxylic acids is 2. The van der Waals surface area contributed by atoms with Gasteiger partial charge < -0.3 is 10.0 Å². The van der Waals surface area contributed by atoms with Crippen LogP contribution in [0.2, 0.25) is 10.0 Å². The molecule has 0 radical (unpaired) electrons. The largest absolute Gasteiger partial charge is 0.481 e. The molecule has 4 atom stereocenters. The topological polar surface area (TPSA) is 92.5 Å². The minimum Gasteiger partial charge on any atom is -0.481 e. The maximum Gasteiger partial charge on any atom is 0.433 e. The lowest BCUT2D eigenvalue weighted by molar-refractivity contribution is -0.149. The van der Waals surface area contributed by atoms with Crippen molar-refractivity contribution in [2.45, 2.75) is 76.6 Å². The van der Waals surface area contributed by atoms with Gasteiger partial charge in [0.05, 0.1) is 45.9 Å². The van der Waals surface area contributed by atoms with Crippen molar-refractivity contribution in [3.63, 3.8) is 0 Å². The van der Waals surface area contributed by atoms with Gasteiger partial charge in [-0.1, -0.05) is 42.6 Å². The average molecular weight is 600 g/mol. The number of alkyl halides is 3. The Morgan fingerprint density at radius 1 is 1.12 bits per heavy atom. The normalized spacial score (nSPS) is 25.6. The molecule has 2 aromatic rings. The van der Waals surface area contributed by atoms with Gasteiger partial charge in [0, 0.05) is 6.04 Å². The predicted molar refractivity (Wildman–Crippen MR) is 142 cm³/mol. The fourth-order valence-corrected chi connectivity index (χ4v) is 7.50. The van der Waals surface area contributed by atoms with Gasteiger partial charge >= 0.3 is 12.1 Å². The summed E-state index contributed by atoms with van der Waals surface area (Å²) in [7, 11) is 0. The Morgan fingerprint density at radius 3 is 2.30 bits per heavy atom. The molecular weight excluding hydrogens is 570 g/mol. The van der Waals surface area contributed by atoms with Crippen LogP contribution in [0.5, 0.6) is 0 Å². The number of carbonyl (C=O) groups is 3. The molecule has 0 unspecified atom stereocenters. The van der Waals surface area contributed by atoms with E-state index in [1.807, 2.05) is 0 Å². The number of amides is 1. The van der Waals surface area contributed by atoms with Crippen LogP contribution in [0, 0.1) is 17.3 Å². The summed E-state index contributed by atoms with van der Waals surface area (Å²) in [5.74, 6) is -3.42. The van der Waals surface area contributed by atoms with Gasteiger partial charge in [-0.3, -0.25) is 19.1 Å². The third kappa shape index (κ3) is 5.02. The van der Waals surface area contributed by atoms with Crippen LogP contribution in [0.25, 0.3) is 0 Å². The van der Waals surface area contributed by atoms with Crippen molar-refractivity contribution >= 4 is 40.9 Å². The Morgan fingerprint density at radius 2 is 1.80 bits per heavy atom. The van der Waals surface area contributed by atoms with Crippen LogP contribution in [0.1, 0.15) is 90.7 Å². The lowest BCUT2D eigenvalue weighted by Gasteiger charge is -2.59. The summed E-state index contributed by atoms with van der Waals surface area (Å²) in [6.07, 6.45) is 0.719. The van der Waals surface area contributed by atoms with Crippen molar-refractivity contribution in [3.05, 3.63) is 51.3 Å². The summed E-state index contributed by atoms with van der Waals surface area (Å²) >= 11 is 12.5. The van der Waals surface area contributed by atoms with E-state index in [2.05, 4.69) is 5.10 Å². The first-order valence-electron chi connectivity index (χ1n) is 13.5. The first kappa shape index (κ1) is 28.9. The summed E-state index contributed by atoms with van der Waals surface area (Å²) in [6.45, 7) is 1.24. The summed E-state index contributed by atoms with van der Waals surface area (Å²) in [5.41, 5.74) is -1.95. The molecule has 7 nitrogen and oxygen atoms in total. The van der Waals surface area contributed by atoms with E-state index in [-0.39, 0.29) is 52.2 Å². The number of aromatic nitrogens is 2. The van der Waals surface area contributed by atoms with Crippen molar-refractivity contribution in [2.24, 2.45) is 17.3 Å². The van der Waals surface area contributed by atoms with Crippen LogP contribution in [0.15, 0.2) is 24.4 Å². The highest BCUT2D eigenvalue weighted by Gasteiger charge is 2.55. The quantitative estimate of drug-likeness (QED) is 0.348. The maximum absolute atomic E-state index is 14.6. The third-order valence-electron chi connectivity index (χ3n) is 9.26. The van der Waals surface area contributed by atoms with E-state index in [1.165, 1.54) is 17.0 Å². The second-order valence-corrected chi connectivity index (χ2v) is 12.3. The number of Topliss-reactive ketones (excluding diaryl/α,β-unsaturated/α-hetero) is 1. The monoisotopic (exact) mass is 599 g/mol. The van der Waals surface area contributed by atoms with Crippen molar-refractivity contribution in [2.75, 3.05) is 6.54 Å². The van der Waals surface area contributed by atoms with Crippen LogP contribution in [0.4, 0.5) is 13.2 Å². The van der Waals surface area contributed by atoms with E-state index in [0.29, 0.717) is 6.42 Å². The van der Waals surface area contributed by atoms with Gasteiger partial charge in [0.2, 0.25) is 0 Å². The number of ketones is 1. The molecule has 1 amide bonds. The zero-order valence-electron chi connectivity index (χ0n) is 21.9. The van der Waals surface area contributed by atoms with Gasteiger partial charge in [-0.15, -0.1) is 0 Å². The van der Waals surface area contributed by atoms with E-state index < -0.39 is 53.6 Å². The third-order valence-corrected chi connectivity index (χ3v) is 9.89. The number of benzene rings is 1. The summed E-state index contributed by atoms with van der Waals surface area (Å²) in [6, 6.07) is 3.48. The maximum atomic E-state index is 14.6. The molecule has 1 aromatic heterocycles. The molecule has 5 rings (SSSR count). The van der Waals surface area contributed by atoms with Crippen molar-refractivity contribution < 1.29 is 32.7 Å². The molecule has 1 spiro atoms. The molecule has 0 bridgehead atoms. The number of hydrogen-bond donors (Lipinski definition) is 1. The van der Waals surface area contributed by atoms with Gasteiger partial charge in [-0.05, 0) is 68.4 Å². The highest BCUT2D eigenvalue weighted by atomic mass is 35.5. The van der Waals surface area contributed by atoms with Crippen LogP contribution in [-0.4, -0.2) is 50.0 Å². The molecule has 40 heavy (non-hydrogen) atoms. The molecule has 1 heterocycles. The van der Waals surface area contributed by atoms with E-state index in [4.69, 9.17) is 23.2 Å². The number of carboxylic acid groups (broad SMARTS) is 1. The van der Waals surface area contributed by atoms with E-state index in [0.717, 1.165) is 36.6 Å². The highest BCUT2D eigenvalue weighted by Crippen LogP contribution is 2.58. The van der Waals surface area contributed by atoms with Crippen molar-refractivity contribution in [1.29, 1.82) is 0 Å². The fourth-order valence-electron chi connectivity index (χ4n) is 6.89. The van der Waals surface area contributed by atoms with E-state index in [9.17, 15) is 32.7 Å². The number of nitrogens with zero attached hydrogens (tertiary/aromatic N) is 3.